The van der Waals surface area contributed by atoms with Gasteiger partial charge in [0.15, 0.2) is 0 Å². The number of hydrogen-bond donors (Lipinski definition) is 0. The predicted molar refractivity (Wildman–Crippen MR) is 104 cm³/mol. The van der Waals surface area contributed by atoms with Crippen LogP contribution in [-0.2, 0) is 6.54 Å². The normalized spacial score (nSPS) is 21.3. The third-order valence-electron chi connectivity index (χ3n) is 5.53. The Kier molecular flexibility index (Phi) is 5.38. The van der Waals surface area contributed by atoms with Gasteiger partial charge in [-0.25, -0.2) is 9.97 Å². The Labute approximate surface area is 161 Å². The third-order valence-corrected chi connectivity index (χ3v) is 5.53. The SMILES string of the molecule is Cc1nc([C@@H]2CCCN(Cc3nnc(C(C)C)o3)C2)cc(N2CCCC2)n1. The minimum atomic E-state index is 0.272. The van der Waals surface area contributed by atoms with Gasteiger partial charge in [0.1, 0.15) is 11.6 Å². The number of aromatic nitrogens is 4. The van der Waals surface area contributed by atoms with Crippen molar-refractivity contribution in [2.45, 2.75) is 64.8 Å². The van der Waals surface area contributed by atoms with Crippen molar-refractivity contribution in [3.05, 3.63) is 29.4 Å². The molecule has 0 spiro atoms. The van der Waals surface area contributed by atoms with Crippen molar-refractivity contribution in [3.63, 3.8) is 0 Å². The van der Waals surface area contributed by atoms with E-state index in [1.165, 1.54) is 25.0 Å². The molecule has 4 rings (SSSR count). The zero-order chi connectivity index (χ0) is 18.8. The summed E-state index contributed by atoms with van der Waals surface area (Å²) in [6.45, 7) is 11.2. The molecule has 0 N–H and O–H groups in total. The van der Waals surface area contributed by atoms with Gasteiger partial charge in [0.2, 0.25) is 11.8 Å². The largest absolute Gasteiger partial charge is 0.424 e. The summed E-state index contributed by atoms with van der Waals surface area (Å²) in [6, 6.07) is 2.22. The number of hydrogen-bond acceptors (Lipinski definition) is 7. The van der Waals surface area contributed by atoms with E-state index >= 15 is 0 Å². The molecule has 7 heteroatoms. The first-order valence-electron chi connectivity index (χ1n) is 10.2. The van der Waals surface area contributed by atoms with Crippen molar-refractivity contribution in [2.75, 3.05) is 31.1 Å². The first-order valence-corrected chi connectivity index (χ1v) is 10.2. The van der Waals surface area contributed by atoms with Gasteiger partial charge in [-0.05, 0) is 39.2 Å². The number of aryl methyl sites for hydroxylation is 1. The van der Waals surface area contributed by atoms with Gasteiger partial charge < -0.3 is 9.32 Å². The molecule has 0 unspecified atom stereocenters. The Bertz CT molecular complexity index is 768. The van der Waals surface area contributed by atoms with Crippen LogP contribution in [0, 0.1) is 6.92 Å². The van der Waals surface area contributed by atoms with Crippen LogP contribution in [0.1, 0.15) is 74.7 Å². The molecular formula is C20H30N6O. The molecule has 0 amide bonds. The molecule has 4 heterocycles. The van der Waals surface area contributed by atoms with Crippen LogP contribution >= 0.6 is 0 Å². The van der Waals surface area contributed by atoms with Crippen LogP contribution in [0.3, 0.4) is 0 Å². The molecule has 0 radical (unpaired) electrons. The van der Waals surface area contributed by atoms with Gasteiger partial charge in [-0.15, -0.1) is 10.2 Å². The Morgan fingerprint density at radius 2 is 1.93 bits per heavy atom. The van der Waals surface area contributed by atoms with E-state index in [1.807, 2.05) is 6.92 Å². The summed E-state index contributed by atoms with van der Waals surface area (Å²) in [5.41, 5.74) is 1.18. The van der Waals surface area contributed by atoms with Crippen molar-refractivity contribution >= 4 is 5.82 Å². The highest BCUT2D eigenvalue weighted by Crippen LogP contribution is 2.29. The smallest absolute Gasteiger partial charge is 0.230 e. The van der Waals surface area contributed by atoms with Gasteiger partial charge in [-0.2, -0.15) is 0 Å². The summed E-state index contributed by atoms with van der Waals surface area (Å²) in [7, 11) is 0. The average molecular weight is 371 g/mol. The summed E-state index contributed by atoms with van der Waals surface area (Å²) < 4.78 is 5.80. The van der Waals surface area contributed by atoms with Crippen molar-refractivity contribution in [2.24, 2.45) is 0 Å². The highest BCUT2D eigenvalue weighted by Gasteiger charge is 2.25. The van der Waals surface area contributed by atoms with Crippen molar-refractivity contribution in [3.8, 4) is 0 Å². The van der Waals surface area contributed by atoms with Crippen molar-refractivity contribution in [1.82, 2.24) is 25.1 Å². The number of likely N-dealkylation sites (tertiary alicyclic amines) is 1. The fraction of sp³-hybridized carbons (Fsp3) is 0.700. The molecule has 7 nitrogen and oxygen atoms in total. The molecule has 2 aromatic rings. The molecule has 2 aliphatic heterocycles. The standard InChI is InChI=1S/C20H30N6O/c1-14(2)20-24-23-19(27-20)13-25-8-6-7-16(12-25)17-11-18(22-15(3)21-17)26-9-4-5-10-26/h11,14,16H,4-10,12-13H2,1-3H3/t16-/m1/s1. The predicted octanol–water partition coefficient (Wildman–Crippen LogP) is 3.27. The van der Waals surface area contributed by atoms with Gasteiger partial charge in [0, 0.05) is 37.5 Å². The molecule has 0 aromatic carbocycles. The summed E-state index contributed by atoms with van der Waals surface area (Å²) in [5, 5.41) is 8.38. The minimum absolute atomic E-state index is 0.272. The maximum Gasteiger partial charge on any atom is 0.230 e. The fourth-order valence-electron chi connectivity index (χ4n) is 4.09. The van der Waals surface area contributed by atoms with Gasteiger partial charge in [-0.1, -0.05) is 13.8 Å². The molecule has 27 heavy (non-hydrogen) atoms. The number of piperidine rings is 1. The fourth-order valence-corrected chi connectivity index (χ4v) is 4.09. The lowest BCUT2D eigenvalue weighted by atomic mass is 9.94. The molecule has 2 saturated heterocycles. The maximum atomic E-state index is 5.80. The second-order valence-electron chi connectivity index (χ2n) is 8.16. The number of anilines is 1. The lowest BCUT2D eigenvalue weighted by Gasteiger charge is -2.32. The van der Waals surface area contributed by atoms with Gasteiger partial charge in [0.25, 0.3) is 0 Å². The molecule has 2 fully saturated rings. The van der Waals surface area contributed by atoms with Crippen molar-refractivity contribution in [1.29, 1.82) is 0 Å². The Balaban J connectivity index is 1.46. The van der Waals surface area contributed by atoms with Crippen LogP contribution in [0.4, 0.5) is 5.82 Å². The third kappa shape index (κ3) is 4.29. The highest BCUT2D eigenvalue weighted by molar-refractivity contribution is 5.41. The zero-order valence-electron chi connectivity index (χ0n) is 16.7. The Morgan fingerprint density at radius 3 is 2.67 bits per heavy atom. The molecule has 0 saturated carbocycles. The Hall–Kier alpha value is -2.02. The van der Waals surface area contributed by atoms with Gasteiger partial charge in [-0.3, -0.25) is 4.90 Å². The Morgan fingerprint density at radius 1 is 1.11 bits per heavy atom. The van der Waals surface area contributed by atoms with E-state index in [-0.39, 0.29) is 5.92 Å². The van der Waals surface area contributed by atoms with E-state index in [0.717, 1.165) is 62.6 Å². The molecule has 0 aliphatic carbocycles. The van der Waals surface area contributed by atoms with E-state index in [9.17, 15) is 0 Å². The highest BCUT2D eigenvalue weighted by atomic mass is 16.4. The van der Waals surface area contributed by atoms with Crippen LogP contribution in [-0.4, -0.2) is 51.2 Å². The van der Waals surface area contributed by atoms with Crippen LogP contribution < -0.4 is 4.90 Å². The topological polar surface area (TPSA) is 71.2 Å². The van der Waals surface area contributed by atoms with Crippen molar-refractivity contribution < 1.29 is 4.42 Å². The van der Waals surface area contributed by atoms with Crippen LogP contribution in [0.2, 0.25) is 0 Å². The molecule has 2 aliphatic rings. The number of nitrogens with zero attached hydrogens (tertiary/aromatic N) is 6. The average Bonchev–Trinajstić information content (AvgIpc) is 3.33. The van der Waals surface area contributed by atoms with E-state index < -0.39 is 0 Å². The van der Waals surface area contributed by atoms with Crippen LogP contribution in [0.25, 0.3) is 0 Å². The summed E-state index contributed by atoms with van der Waals surface area (Å²) in [5.74, 6) is 4.13. The first-order chi connectivity index (χ1) is 13.1. The van der Waals surface area contributed by atoms with E-state index in [4.69, 9.17) is 9.40 Å². The molecule has 2 aromatic heterocycles. The van der Waals surface area contributed by atoms with Crippen LogP contribution in [0.5, 0.6) is 0 Å². The molecular weight excluding hydrogens is 340 g/mol. The number of rotatable bonds is 5. The monoisotopic (exact) mass is 370 g/mol. The van der Waals surface area contributed by atoms with E-state index in [2.05, 4.69) is 44.9 Å². The summed E-state index contributed by atoms with van der Waals surface area (Å²) in [4.78, 5) is 14.3. The van der Waals surface area contributed by atoms with Gasteiger partial charge >= 0.3 is 0 Å². The quantitative estimate of drug-likeness (QED) is 0.800. The van der Waals surface area contributed by atoms with E-state index in [1.54, 1.807) is 0 Å². The maximum absolute atomic E-state index is 5.80. The minimum Gasteiger partial charge on any atom is -0.424 e. The molecule has 0 bridgehead atoms. The molecule has 146 valence electrons. The van der Waals surface area contributed by atoms with E-state index in [0.29, 0.717) is 5.92 Å². The first kappa shape index (κ1) is 18.3. The summed E-state index contributed by atoms with van der Waals surface area (Å²) >= 11 is 0. The van der Waals surface area contributed by atoms with Crippen LogP contribution in [0.15, 0.2) is 10.5 Å². The lowest BCUT2D eigenvalue weighted by Crippen LogP contribution is -2.34. The molecule has 1 atom stereocenters. The van der Waals surface area contributed by atoms with Gasteiger partial charge in [0.05, 0.1) is 12.2 Å². The summed E-state index contributed by atoms with van der Waals surface area (Å²) in [6.07, 6.45) is 4.86. The lowest BCUT2D eigenvalue weighted by molar-refractivity contribution is 0.180. The second kappa shape index (κ2) is 7.92. The zero-order valence-corrected chi connectivity index (χ0v) is 16.7. The second-order valence-corrected chi connectivity index (χ2v) is 8.16.